The van der Waals surface area contributed by atoms with E-state index in [1.165, 1.54) is 44.9 Å². The van der Waals surface area contributed by atoms with Gasteiger partial charge in [-0.25, -0.2) is 0 Å². The third-order valence-electron chi connectivity index (χ3n) is 5.02. The fraction of sp³-hybridized carbons (Fsp3) is 0.929. The average molecular weight is 219 g/mol. The predicted molar refractivity (Wildman–Crippen MR) is 61.8 cm³/mol. The Bertz CT molecular complexity index is 307. The van der Waals surface area contributed by atoms with Crippen LogP contribution in [0, 0.1) is 16.7 Å². The molecule has 1 heterocycles. The third-order valence-corrected chi connectivity index (χ3v) is 5.02. The van der Waals surface area contributed by atoms with Crippen LogP contribution < -0.4 is 0 Å². The highest BCUT2D eigenvalue weighted by atomic mass is 16.5. The van der Waals surface area contributed by atoms with Crippen LogP contribution in [0.3, 0.4) is 0 Å². The second kappa shape index (κ2) is 3.74. The lowest BCUT2D eigenvalue weighted by molar-refractivity contribution is -0.0554. The lowest BCUT2D eigenvalue weighted by atomic mass is 9.66. The molecule has 1 aliphatic heterocycles. The van der Waals surface area contributed by atoms with Gasteiger partial charge in [-0.05, 0) is 44.9 Å². The molecule has 3 aliphatic rings. The smallest absolute Gasteiger partial charge is 0.0690 e. The number of nitrogens with zero attached hydrogens (tertiary/aromatic N) is 1. The van der Waals surface area contributed by atoms with Crippen LogP contribution in [0.15, 0.2) is 0 Å². The van der Waals surface area contributed by atoms with E-state index in [9.17, 15) is 5.26 Å². The van der Waals surface area contributed by atoms with Crippen molar-refractivity contribution < 1.29 is 4.74 Å². The van der Waals surface area contributed by atoms with Gasteiger partial charge in [0.25, 0.3) is 0 Å². The van der Waals surface area contributed by atoms with Crippen molar-refractivity contribution in [2.75, 3.05) is 0 Å². The lowest BCUT2D eigenvalue weighted by Crippen LogP contribution is -2.33. The molecule has 0 aromatic carbocycles. The molecule has 0 aromatic heterocycles. The molecule has 2 aliphatic carbocycles. The SMILES string of the molecule is N#CC1(CC2CCC3(CCCC3)O2)CCC1. The summed E-state index contributed by atoms with van der Waals surface area (Å²) < 4.78 is 6.29. The molecule has 0 bridgehead atoms. The van der Waals surface area contributed by atoms with E-state index < -0.39 is 0 Å². The minimum Gasteiger partial charge on any atom is -0.372 e. The van der Waals surface area contributed by atoms with Crippen LogP contribution in [0.2, 0.25) is 0 Å². The highest BCUT2D eigenvalue weighted by molar-refractivity contribution is 5.07. The Morgan fingerprint density at radius 2 is 1.81 bits per heavy atom. The third kappa shape index (κ3) is 1.66. The molecule has 0 amide bonds. The minimum atomic E-state index is -0.00516. The monoisotopic (exact) mass is 219 g/mol. The number of hydrogen-bond donors (Lipinski definition) is 0. The van der Waals surface area contributed by atoms with E-state index in [-0.39, 0.29) is 11.0 Å². The van der Waals surface area contributed by atoms with Gasteiger partial charge in [0.15, 0.2) is 0 Å². The molecule has 16 heavy (non-hydrogen) atoms. The summed E-state index contributed by atoms with van der Waals surface area (Å²) in [6.45, 7) is 0. The Hall–Kier alpha value is -0.550. The molecule has 0 N–H and O–H groups in total. The van der Waals surface area contributed by atoms with E-state index in [1.54, 1.807) is 0 Å². The molecule has 3 fully saturated rings. The van der Waals surface area contributed by atoms with Gasteiger partial charge >= 0.3 is 0 Å². The first-order chi connectivity index (χ1) is 7.76. The molecule has 0 aromatic rings. The van der Waals surface area contributed by atoms with Crippen molar-refractivity contribution in [2.45, 2.75) is 75.9 Å². The van der Waals surface area contributed by atoms with Gasteiger partial charge < -0.3 is 4.74 Å². The van der Waals surface area contributed by atoms with Gasteiger partial charge in [0.1, 0.15) is 0 Å². The zero-order chi connectivity index (χ0) is 11.1. The largest absolute Gasteiger partial charge is 0.372 e. The zero-order valence-electron chi connectivity index (χ0n) is 10.0. The van der Waals surface area contributed by atoms with Crippen molar-refractivity contribution in [1.29, 1.82) is 5.26 Å². The fourth-order valence-electron chi connectivity index (χ4n) is 3.83. The molecule has 1 atom stereocenters. The lowest BCUT2D eigenvalue weighted by Gasteiger charge is -2.37. The van der Waals surface area contributed by atoms with E-state index >= 15 is 0 Å². The van der Waals surface area contributed by atoms with Gasteiger partial charge in [-0.15, -0.1) is 0 Å². The molecule has 1 unspecified atom stereocenters. The molecular formula is C14H21NO. The van der Waals surface area contributed by atoms with E-state index in [4.69, 9.17) is 4.74 Å². The Morgan fingerprint density at radius 3 is 2.38 bits per heavy atom. The normalized spacial score (nSPS) is 34.8. The molecular weight excluding hydrogens is 198 g/mol. The first kappa shape index (κ1) is 10.6. The van der Waals surface area contributed by atoms with Crippen LogP contribution in [0.4, 0.5) is 0 Å². The number of rotatable bonds is 2. The summed E-state index contributed by atoms with van der Waals surface area (Å²) >= 11 is 0. The van der Waals surface area contributed by atoms with E-state index in [1.807, 2.05) is 0 Å². The summed E-state index contributed by atoms with van der Waals surface area (Å²) in [5, 5.41) is 9.25. The van der Waals surface area contributed by atoms with Crippen molar-refractivity contribution in [3.05, 3.63) is 0 Å². The fourth-order valence-corrected chi connectivity index (χ4v) is 3.83. The quantitative estimate of drug-likeness (QED) is 0.711. The first-order valence-electron chi connectivity index (χ1n) is 6.85. The van der Waals surface area contributed by atoms with Crippen molar-refractivity contribution >= 4 is 0 Å². The summed E-state index contributed by atoms with van der Waals surface area (Å²) in [5.41, 5.74) is 0.236. The summed E-state index contributed by atoms with van der Waals surface area (Å²) in [4.78, 5) is 0. The maximum atomic E-state index is 9.25. The van der Waals surface area contributed by atoms with Gasteiger partial charge in [-0.2, -0.15) is 5.26 Å². The van der Waals surface area contributed by atoms with Crippen LogP contribution >= 0.6 is 0 Å². The van der Waals surface area contributed by atoms with Gasteiger partial charge in [0.2, 0.25) is 0 Å². The molecule has 2 heteroatoms. The van der Waals surface area contributed by atoms with Crippen molar-refractivity contribution in [3.8, 4) is 6.07 Å². The molecule has 3 rings (SSSR count). The van der Waals surface area contributed by atoms with Crippen molar-refractivity contribution in [3.63, 3.8) is 0 Å². The van der Waals surface area contributed by atoms with Gasteiger partial charge in [-0.3, -0.25) is 0 Å². The highest BCUT2D eigenvalue weighted by Gasteiger charge is 2.46. The number of nitriles is 1. The van der Waals surface area contributed by atoms with Crippen LogP contribution in [0.1, 0.15) is 64.2 Å². The number of hydrogen-bond acceptors (Lipinski definition) is 2. The van der Waals surface area contributed by atoms with Gasteiger partial charge in [0.05, 0.1) is 23.2 Å². The van der Waals surface area contributed by atoms with E-state index in [0.29, 0.717) is 6.10 Å². The average Bonchev–Trinajstić information content (AvgIpc) is 2.84. The van der Waals surface area contributed by atoms with E-state index in [2.05, 4.69) is 6.07 Å². The van der Waals surface area contributed by atoms with Gasteiger partial charge in [-0.1, -0.05) is 19.3 Å². The zero-order valence-corrected chi connectivity index (χ0v) is 10.0. The Labute approximate surface area is 98.0 Å². The van der Waals surface area contributed by atoms with Gasteiger partial charge in [0, 0.05) is 0 Å². The minimum absolute atomic E-state index is 0.00516. The first-order valence-corrected chi connectivity index (χ1v) is 6.85. The molecule has 88 valence electrons. The summed E-state index contributed by atoms with van der Waals surface area (Å²) in [5.74, 6) is 0. The predicted octanol–water partition coefficient (Wildman–Crippen LogP) is 3.56. The molecule has 2 nitrogen and oxygen atoms in total. The molecule has 0 radical (unpaired) electrons. The maximum absolute atomic E-state index is 9.25. The molecule has 1 saturated heterocycles. The van der Waals surface area contributed by atoms with Crippen molar-refractivity contribution in [2.24, 2.45) is 5.41 Å². The highest BCUT2D eigenvalue weighted by Crippen LogP contribution is 2.50. The summed E-state index contributed by atoms with van der Waals surface area (Å²) in [6.07, 6.45) is 12.5. The van der Waals surface area contributed by atoms with Crippen LogP contribution in [-0.4, -0.2) is 11.7 Å². The van der Waals surface area contributed by atoms with Crippen LogP contribution in [0.25, 0.3) is 0 Å². The molecule has 1 spiro atoms. The molecule has 2 saturated carbocycles. The van der Waals surface area contributed by atoms with Crippen LogP contribution in [-0.2, 0) is 4.74 Å². The Morgan fingerprint density at radius 1 is 1.06 bits per heavy atom. The van der Waals surface area contributed by atoms with Crippen molar-refractivity contribution in [1.82, 2.24) is 0 Å². The second-order valence-electron chi connectivity index (χ2n) is 6.12. The topological polar surface area (TPSA) is 33.0 Å². The van der Waals surface area contributed by atoms with Crippen LogP contribution in [0.5, 0.6) is 0 Å². The van der Waals surface area contributed by atoms with E-state index in [0.717, 1.165) is 19.3 Å². The summed E-state index contributed by atoms with van der Waals surface area (Å²) in [7, 11) is 0. The number of ether oxygens (including phenoxy) is 1. The second-order valence-corrected chi connectivity index (χ2v) is 6.12. The Balaban J connectivity index is 1.60. The Kier molecular flexibility index (Phi) is 2.47. The standard InChI is InChI=1S/C14H21NO/c15-11-13(5-3-6-13)10-12-4-9-14(16-12)7-1-2-8-14/h12H,1-10H2. The maximum Gasteiger partial charge on any atom is 0.0690 e. The summed E-state index contributed by atoms with van der Waals surface area (Å²) in [6, 6.07) is 2.54.